The second-order valence-corrected chi connectivity index (χ2v) is 11.1. The summed E-state index contributed by atoms with van der Waals surface area (Å²) in [5.41, 5.74) is 5.48. The highest BCUT2D eigenvalue weighted by Crippen LogP contribution is 2.20. The van der Waals surface area contributed by atoms with Crippen LogP contribution in [0.3, 0.4) is 0 Å². The molecule has 0 unspecified atom stereocenters. The van der Waals surface area contributed by atoms with Crippen LogP contribution in [0.5, 0.6) is 0 Å². The Morgan fingerprint density at radius 3 is 2.14 bits per heavy atom. The van der Waals surface area contributed by atoms with Crippen LogP contribution in [0, 0.1) is 0 Å². The SMILES string of the molecule is CCCCCCCCCCCCc1ccccc1S(=O)(=O)O.c1ccc2[nH]c(-c3cscn3)nc2c1. The molecule has 0 fully saturated rings. The van der Waals surface area contributed by atoms with Crippen LogP contribution in [0.1, 0.15) is 76.7 Å². The molecule has 0 aliphatic heterocycles. The lowest BCUT2D eigenvalue weighted by Crippen LogP contribution is -2.03. The van der Waals surface area contributed by atoms with Crippen molar-refractivity contribution >= 4 is 32.5 Å². The monoisotopic (exact) mass is 527 g/mol. The molecule has 0 amide bonds. The first kappa shape index (κ1) is 28.0. The number of hydrogen-bond acceptors (Lipinski definition) is 5. The molecule has 0 saturated heterocycles. The quantitative estimate of drug-likeness (QED) is 0.135. The molecular formula is C28H37N3O3S2. The van der Waals surface area contributed by atoms with E-state index in [4.69, 9.17) is 0 Å². The first-order chi connectivity index (χ1) is 17.5. The maximum Gasteiger partial charge on any atom is 0.294 e. The lowest BCUT2D eigenvalue weighted by molar-refractivity contribution is 0.481. The molecule has 2 aromatic heterocycles. The van der Waals surface area contributed by atoms with Gasteiger partial charge >= 0.3 is 0 Å². The molecule has 2 aromatic carbocycles. The molecule has 2 heterocycles. The lowest BCUT2D eigenvalue weighted by Gasteiger charge is -2.07. The first-order valence-corrected chi connectivity index (χ1v) is 15.3. The Kier molecular flexibility index (Phi) is 11.6. The van der Waals surface area contributed by atoms with E-state index in [9.17, 15) is 13.0 Å². The van der Waals surface area contributed by atoms with Crippen molar-refractivity contribution < 1.29 is 13.0 Å². The molecule has 0 spiro atoms. The molecule has 0 atom stereocenters. The fourth-order valence-electron chi connectivity index (χ4n) is 4.17. The Balaban J connectivity index is 0.000000218. The number of nitrogens with zero attached hydrogens (tertiary/aromatic N) is 2. The number of imidazole rings is 1. The minimum Gasteiger partial charge on any atom is -0.337 e. The van der Waals surface area contributed by atoms with Crippen molar-refractivity contribution in [3.05, 3.63) is 65.0 Å². The predicted octanol–water partition coefficient (Wildman–Crippen LogP) is 8.08. The van der Waals surface area contributed by atoms with Crippen molar-refractivity contribution in [2.24, 2.45) is 0 Å². The molecule has 36 heavy (non-hydrogen) atoms. The number of rotatable bonds is 13. The number of benzene rings is 2. The summed E-state index contributed by atoms with van der Waals surface area (Å²) in [5.74, 6) is 0.840. The van der Waals surface area contributed by atoms with Crippen LogP contribution >= 0.6 is 11.3 Å². The van der Waals surface area contributed by atoms with E-state index in [1.54, 1.807) is 23.5 Å². The second kappa shape index (κ2) is 14.9. The van der Waals surface area contributed by atoms with Gasteiger partial charge < -0.3 is 4.98 Å². The smallest absolute Gasteiger partial charge is 0.294 e. The zero-order chi connectivity index (χ0) is 25.6. The van der Waals surface area contributed by atoms with Gasteiger partial charge in [0.05, 0.1) is 21.4 Å². The van der Waals surface area contributed by atoms with Crippen molar-refractivity contribution in [1.29, 1.82) is 0 Å². The molecule has 8 heteroatoms. The van der Waals surface area contributed by atoms with Gasteiger partial charge in [-0.1, -0.05) is 95.0 Å². The number of hydrogen-bond donors (Lipinski definition) is 2. The topological polar surface area (TPSA) is 95.9 Å². The molecular weight excluding hydrogens is 490 g/mol. The fraction of sp³-hybridized carbons (Fsp3) is 0.429. The normalized spacial score (nSPS) is 11.4. The molecule has 194 valence electrons. The number of H-pyrrole nitrogens is 1. The summed E-state index contributed by atoms with van der Waals surface area (Å²) in [6.45, 7) is 2.24. The summed E-state index contributed by atoms with van der Waals surface area (Å²) in [7, 11) is -4.10. The minimum absolute atomic E-state index is 0.0610. The zero-order valence-electron chi connectivity index (χ0n) is 21.0. The van der Waals surface area contributed by atoms with Crippen molar-refractivity contribution in [1.82, 2.24) is 15.0 Å². The number of nitrogens with one attached hydrogen (secondary N) is 1. The maximum atomic E-state index is 11.3. The Hall–Kier alpha value is -2.55. The zero-order valence-corrected chi connectivity index (χ0v) is 22.7. The molecule has 0 aliphatic carbocycles. The first-order valence-electron chi connectivity index (χ1n) is 12.9. The number of unbranched alkanes of at least 4 members (excludes halogenated alkanes) is 9. The van der Waals surface area contributed by atoms with E-state index in [1.165, 1.54) is 57.4 Å². The van der Waals surface area contributed by atoms with Crippen molar-refractivity contribution in [3.8, 4) is 11.5 Å². The summed E-state index contributed by atoms with van der Waals surface area (Å²) in [5, 5.41) is 1.98. The third kappa shape index (κ3) is 9.15. The van der Waals surface area contributed by atoms with Crippen LogP contribution in [-0.2, 0) is 16.5 Å². The van der Waals surface area contributed by atoms with Gasteiger partial charge in [0.25, 0.3) is 10.1 Å². The van der Waals surface area contributed by atoms with Crippen molar-refractivity contribution in [2.45, 2.75) is 82.4 Å². The summed E-state index contributed by atoms with van der Waals surface area (Å²) < 4.78 is 31.8. The molecule has 0 radical (unpaired) electrons. The van der Waals surface area contributed by atoms with Gasteiger partial charge in [-0.3, -0.25) is 4.55 Å². The van der Waals surface area contributed by atoms with Crippen LogP contribution in [0.25, 0.3) is 22.6 Å². The van der Waals surface area contributed by atoms with Crippen LogP contribution in [0.4, 0.5) is 0 Å². The van der Waals surface area contributed by atoms with Crippen molar-refractivity contribution in [2.75, 3.05) is 0 Å². The highest BCUT2D eigenvalue weighted by Gasteiger charge is 2.13. The summed E-state index contributed by atoms with van der Waals surface area (Å²) in [6.07, 6.45) is 13.3. The highest BCUT2D eigenvalue weighted by molar-refractivity contribution is 7.85. The van der Waals surface area contributed by atoms with Gasteiger partial charge in [-0.2, -0.15) is 8.42 Å². The Bertz CT molecular complexity index is 1240. The van der Waals surface area contributed by atoms with E-state index in [2.05, 4.69) is 21.9 Å². The molecule has 4 aromatic rings. The van der Waals surface area contributed by atoms with Crippen molar-refractivity contribution in [3.63, 3.8) is 0 Å². The van der Waals surface area contributed by atoms with Crippen LogP contribution in [0.15, 0.2) is 64.3 Å². The molecule has 6 nitrogen and oxygen atoms in total. The molecule has 0 saturated carbocycles. The number of aromatic amines is 1. The van der Waals surface area contributed by atoms with Gasteiger partial charge in [0, 0.05) is 5.38 Å². The summed E-state index contributed by atoms with van der Waals surface area (Å²) in [6, 6.07) is 14.7. The Labute approximate surface area is 219 Å². The molecule has 0 bridgehead atoms. The number of para-hydroxylation sites is 2. The molecule has 0 aliphatic rings. The minimum atomic E-state index is -4.10. The van der Waals surface area contributed by atoms with Gasteiger partial charge in [-0.25, -0.2) is 9.97 Å². The van der Waals surface area contributed by atoms with E-state index in [1.807, 2.05) is 41.2 Å². The Morgan fingerprint density at radius 1 is 0.861 bits per heavy atom. The summed E-state index contributed by atoms with van der Waals surface area (Å²) in [4.78, 5) is 11.9. The second-order valence-electron chi connectivity index (χ2n) is 8.99. The average molecular weight is 528 g/mol. The van der Waals surface area contributed by atoms with Gasteiger partial charge in [0.15, 0.2) is 5.82 Å². The third-order valence-corrected chi connectivity index (χ3v) is 7.66. The van der Waals surface area contributed by atoms with E-state index in [0.717, 1.165) is 41.0 Å². The van der Waals surface area contributed by atoms with E-state index >= 15 is 0 Å². The van der Waals surface area contributed by atoms with E-state index in [0.29, 0.717) is 6.42 Å². The summed E-state index contributed by atoms with van der Waals surface area (Å²) >= 11 is 1.57. The number of thiazole rings is 1. The lowest BCUT2D eigenvalue weighted by atomic mass is 10.0. The van der Waals surface area contributed by atoms with E-state index in [-0.39, 0.29) is 4.90 Å². The number of aryl methyl sites for hydroxylation is 1. The molecule has 2 N–H and O–H groups in total. The van der Waals surface area contributed by atoms with Gasteiger partial charge in [0.1, 0.15) is 5.69 Å². The standard InChI is InChI=1S/C18H30O3S.C10H7N3S/c1-2-3-4-5-6-7-8-9-10-11-14-17-15-12-13-16-18(17)22(19,20)21;1-2-4-8-7(3-1)12-10(13-8)9-5-14-6-11-9/h12-13,15-16H,2-11,14H2,1H3,(H,19,20,21);1-6H,(H,12,13). The number of fused-ring (bicyclic) bond motifs is 1. The third-order valence-electron chi connectivity index (χ3n) is 6.11. The fourth-order valence-corrected chi connectivity index (χ4v) is 5.46. The number of aromatic nitrogens is 3. The van der Waals surface area contributed by atoms with E-state index < -0.39 is 10.1 Å². The Morgan fingerprint density at radius 2 is 1.50 bits per heavy atom. The van der Waals surface area contributed by atoms with Gasteiger partial charge in [0.2, 0.25) is 0 Å². The van der Waals surface area contributed by atoms with Crippen LogP contribution in [0.2, 0.25) is 0 Å². The largest absolute Gasteiger partial charge is 0.337 e. The van der Waals surface area contributed by atoms with Gasteiger partial charge in [-0.15, -0.1) is 11.3 Å². The highest BCUT2D eigenvalue weighted by atomic mass is 32.2. The maximum absolute atomic E-state index is 11.3. The molecule has 4 rings (SSSR count). The predicted molar refractivity (Wildman–Crippen MR) is 149 cm³/mol. The van der Waals surface area contributed by atoms with Crippen LogP contribution in [-0.4, -0.2) is 27.9 Å². The van der Waals surface area contributed by atoms with Gasteiger partial charge in [-0.05, 0) is 36.6 Å². The average Bonchev–Trinajstić information content (AvgIpc) is 3.55. The van der Waals surface area contributed by atoms with Crippen LogP contribution < -0.4 is 0 Å².